The summed E-state index contributed by atoms with van der Waals surface area (Å²) < 4.78 is 10.9. The topological polar surface area (TPSA) is 105 Å². The maximum atomic E-state index is 13.4. The second-order valence-corrected chi connectivity index (χ2v) is 9.90. The smallest absolute Gasteiger partial charge is 0.407 e. The normalized spacial score (nSPS) is 20.0. The van der Waals surface area contributed by atoms with Crippen molar-refractivity contribution in [2.75, 3.05) is 20.3 Å². The average Bonchev–Trinajstić information content (AvgIpc) is 3.34. The summed E-state index contributed by atoms with van der Waals surface area (Å²) in [7, 11) is 1.44. The van der Waals surface area contributed by atoms with E-state index < -0.39 is 41.6 Å². The van der Waals surface area contributed by atoms with Crippen molar-refractivity contribution in [3.8, 4) is 11.1 Å². The number of carbonyl (C=O) groups is 3. The molecule has 186 valence electrons. The molecule has 0 aromatic heterocycles. The standard InChI is InChI=1S/C27H32N2O6/c1-16(34-4)22(24(30)29-14-13-27(2,3)23(29)25(31)32)28-26(33)35-15-21-19-11-7-5-9-17(19)18-10-6-8-12-20(18)21/h5-12,16,21-23H,13-15H2,1-4H3,(H,28,33)(H,31,32)/t16-,22+,23?/m1/s1. The molecule has 1 fully saturated rings. The van der Waals surface area contributed by atoms with E-state index in [1.54, 1.807) is 6.92 Å². The van der Waals surface area contributed by atoms with Gasteiger partial charge in [-0.05, 0) is 41.0 Å². The fraction of sp³-hybridized carbons (Fsp3) is 0.444. The predicted octanol–water partition coefficient (Wildman–Crippen LogP) is 3.64. The molecule has 1 aliphatic carbocycles. The summed E-state index contributed by atoms with van der Waals surface area (Å²) in [6.45, 7) is 5.71. The van der Waals surface area contributed by atoms with Gasteiger partial charge in [-0.2, -0.15) is 0 Å². The minimum Gasteiger partial charge on any atom is -0.480 e. The number of carbonyl (C=O) groups excluding carboxylic acids is 2. The fourth-order valence-corrected chi connectivity index (χ4v) is 5.26. The van der Waals surface area contributed by atoms with E-state index in [0.29, 0.717) is 13.0 Å². The summed E-state index contributed by atoms with van der Waals surface area (Å²) in [5, 5.41) is 12.4. The van der Waals surface area contributed by atoms with Gasteiger partial charge in [-0.3, -0.25) is 4.79 Å². The summed E-state index contributed by atoms with van der Waals surface area (Å²) in [5.74, 6) is -1.67. The summed E-state index contributed by atoms with van der Waals surface area (Å²) in [4.78, 5) is 39.5. The third kappa shape index (κ3) is 4.62. The summed E-state index contributed by atoms with van der Waals surface area (Å²) in [5.41, 5.74) is 3.83. The molecular weight excluding hydrogens is 448 g/mol. The highest BCUT2D eigenvalue weighted by Gasteiger charge is 2.49. The molecule has 1 aliphatic heterocycles. The van der Waals surface area contributed by atoms with Gasteiger partial charge in [-0.1, -0.05) is 62.4 Å². The number of aliphatic carboxylic acids is 1. The number of hydrogen-bond acceptors (Lipinski definition) is 5. The van der Waals surface area contributed by atoms with E-state index >= 15 is 0 Å². The number of likely N-dealkylation sites (tertiary alicyclic amines) is 1. The van der Waals surface area contributed by atoms with Crippen LogP contribution in [0.15, 0.2) is 48.5 Å². The summed E-state index contributed by atoms with van der Waals surface area (Å²) >= 11 is 0. The van der Waals surface area contributed by atoms with Gasteiger partial charge in [0.05, 0.1) is 6.10 Å². The van der Waals surface area contributed by atoms with E-state index in [4.69, 9.17) is 9.47 Å². The maximum Gasteiger partial charge on any atom is 0.407 e. The van der Waals surface area contributed by atoms with Crippen molar-refractivity contribution in [2.24, 2.45) is 5.41 Å². The van der Waals surface area contributed by atoms with Crippen LogP contribution in [0.3, 0.4) is 0 Å². The fourth-order valence-electron chi connectivity index (χ4n) is 5.26. The second kappa shape index (κ2) is 9.70. The van der Waals surface area contributed by atoms with Crippen LogP contribution < -0.4 is 5.32 Å². The van der Waals surface area contributed by atoms with Gasteiger partial charge in [-0.15, -0.1) is 0 Å². The molecule has 35 heavy (non-hydrogen) atoms. The third-order valence-electron chi connectivity index (χ3n) is 7.29. The van der Waals surface area contributed by atoms with Crippen LogP contribution in [0.2, 0.25) is 0 Å². The number of nitrogens with one attached hydrogen (secondary N) is 1. The minimum atomic E-state index is -1.08. The van der Waals surface area contributed by atoms with Crippen LogP contribution in [0.1, 0.15) is 44.2 Å². The molecule has 2 aromatic rings. The molecule has 2 aromatic carbocycles. The van der Waals surface area contributed by atoms with E-state index in [0.717, 1.165) is 22.3 Å². The minimum absolute atomic E-state index is 0.108. The van der Waals surface area contributed by atoms with E-state index in [1.165, 1.54) is 12.0 Å². The van der Waals surface area contributed by atoms with Crippen molar-refractivity contribution in [1.29, 1.82) is 0 Å². The van der Waals surface area contributed by atoms with Crippen LogP contribution in [-0.2, 0) is 19.1 Å². The maximum absolute atomic E-state index is 13.4. The monoisotopic (exact) mass is 480 g/mol. The molecule has 1 saturated heterocycles. The lowest BCUT2D eigenvalue weighted by atomic mass is 9.84. The predicted molar refractivity (Wildman–Crippen MR) is 130 cm³/mol. The highest BCUT2D eigenvalue weighted by Crippen LogP contribution is 2.44. The Morgan fingerprint density at radius 2 is 1.66 bits per heavy atom. The first kappa shape index (κ1) is 24.7. The molecule has 1 unspecified atom stereocenters. The van der Waals surface area contributed by atoms with E-state index in [1.807, 2.05) is 50.2 Å². The Balaban J connectivity index is 1.48. The summed E-state index contributed by atoms with van der Waals surface area (Å²) in [6, 6.07) is 14.0. The number of fused-ring (bicyclic) bond motifs is 3. The van der Waals surface area contributed by atoms with Crippen LogP contribution in [0.25, 0.3) is 11.1 Å². The number of benzene rings is 2. The van der Waals surface area contributed by atoms with Crippen molar-refractivity contribution >= 4 is 18.0 Å². The van der Waals surface area contributed by atoms with Crippen molar-refractivity contribution in [2.45, 2.75) is 51.3 Å². The third-order valence-corrected chi connectivity index (χ3v) is 7.29. The van der Waals surface area contributed by atoms with Crippen molar-refractivity contribution in [1.82, 2.24) is 10.2 Å². The second-order valence-electron chi connectivity index (χ2n) is 9.90. The molecule has 0 bridgehead atoms. The van der Waals surface area contributed by atoms with Crippen molar-refractivity contribution in [3.63, 3.8) is 0 Å². The summed E-state index contributed by atoms with van der Waals surface area (Å²) in [6.07, 6.45) is -0.880. The lowest BCUT2D eigenvalue weighted by Gasteiger charge is -2.33. The van der Waals surface area contributed by atoms with Gasteiger partial charge < -0.3 is 24.8 Å². The van der Waals surface area contributed by atoms with Crippen LogP contribution in [0, 0.1) is 5.41 Å². The highest BCUT2D eigenvalue weighted by molar-refractivity contribution is 5.90. The first-order chi connectivity index (χ1) is 16.7. The Bertz CT molecular complexity index is 1080. The van der Waals surface area contributed by atoms with Crippen LogP contribution >= 0.6 is 0 Å². The number of carboxylic acids is 1. The SMILES string of the molecule is CO[C@H](C)[C@H](NC(=O)OCC1c2ccccc2-c2ccccc21)C(=O)N1CCC(C)(C)C1C(=O)O. The zero-order chi connectivity index (χ0) is 25.3. The van der Waals surface area contributed by atoms with Crippen molar-refractivity contribution < 1.29 is 29.0 Å². The van der Waals surface area contributed by atoms with Gasteiger partial charge in [0.1, 0.15) is 18.7 Å². The molecule has 3 atom stereocenters. The number of methoxy groups -OCH3 is 1. The molecule has 8 heteroatoms. The molecule has 8 nitrogen and oxygen atoms in total. The zero-order valence-electron chi connectivity index (χ0n) is 20.5. The molecule has 2 amide bonds. The Labute approximate surface area is 205 Å². The van der Waals surface area contributed by atoms with Gasteiger partial charge in [0.25, 0.3) is 0 Å². The number of carboxylic acid groups (broad SMARTS) is 1. The molecule has 4 rings (SSSR count). The first-order valence-corrected chi connectivity index (χ1v) is 11.8. The first-order valence-electron chi connectivity index (χ1n) is 11.8. The van der Waals surface area contributed by atoms with Gasteiger partial charge in [-0.25, -0.2) is 9.59 Å². The van der Waals surface area contributed by atoms with Crippen molar-refractivity contribution in [3.05, 3.63) is 59.7 Å². The van der Waals surface area contributed by atoms with Crippen LogP contribution in [-0.4, -0.2) is 66.4 Å². The Kier molecular flexibility index (Phi) is 6.85. The average molecular weight is 481 g/mol. The number of nitrogens with zero attached hydrogens (tertiary/aromatic N) is 1. The van der Waals surface area contributed by atoms with E-state index in [-0.39, 0.29) is 12.5 Å². The Morgan fingerprint density at radius 3 is 2.20 bits per heavy atom. The van der Waals surface area contributed by atoms with Crippen LogP contribution in [0.4, 0.5) is 4.79 Å². The molecule has 2 aliphatic rings. The number of amides is 2. The van der Waals surface area contributed by atoms with Crippen LogP contribution in [0.5, 0.6) is 0 Å². The lowest BCUT2D eigenvalue weighted by Crippen LogP contribution is -2.57. The number of hydrogen-bond donors (Lipinski definition) is 2. The lowest BCUT2D eigenvalue weighted by molar-refractivity contribution is -0.153. The largest absolute Gasteiger partial charge is 0.480 e. The molecule has 2 N–H and O–H groups in total. The van der Waals surface area contributed by atoms with Gasteiger partial charge in [0, 0.05) is 19.6 Å². The Hall–Kier alpha value is -3.39. The molecule has 1 heterocycles. The zero-order valence-corrected chi connectivity index (χ0v) is 20.5. The molecule has 0 radical (unpaired) electrons. The number of rotatable bonds is 7. The molecule has 0 spiro atoms. The van der Waals surface area contributed by atoms with Gasteiger partial charge in [0.2, 0.25) is 5.91 Å². The quantitative estimate of drug-likeness (QED) is 0.627. The van der Waals surface area contributed by atoms with E-state index in [9.17, 15) is 19.5 Å². The van der Waals surface area contributed by atoms with Gasteiger partial charge >= 0.3 is 12.1 Å². The number of ether oxygens (including phenoxy) is 2. The highest BCUT2D eigenvalue weighted by atomic mass is 16.5. The molecular formula is C27H32N2O6. The number of alkyl carbamates (subject to hydrolysis) is 1. The Morgan fingerprint density at radius 1 is 1.09 bits per heavy atom. The molecule has 0 saturated carbocycles. The van der Waals surface area contributed by atoms with E-state index in [2.05, 4.69) is 17.4 Å². The van der Waals surface area contributed by atoms with Gasteiger partial charge in [0.15, 0.2) is 0 Å².